The largest absolute Gasteiger partial charge is 0.457 e. The van der Waals surface area contributed by atoms with Gasteiger partial charge in [-0.15, -0.1) is 0 Å². The van der Waals surface area contributed by atoms with Crippen molar-refractivity contribution >= 4 is 28.1 Å². The molecule has 5 heteroatoms. The number of hydrogen-bond acceptors (Lipinski definition) is 4. The molecule has 2 aromatic heterocycles. The smallest absolute Gasteiger partial charge is 0.157 e. The molecule has 27 heavy (non-hydrogen) atoms. The van der Waals surface area contributed by atoms with Crippen LogP contribution in [0.15, 0.2) is 91.4 Å². The molecule has 2 heterocycles. The maximum atomic E-state index is 5.84. The maximum Gasteiger partial charge on any atom is 0.157 e. The van der Waals surface area contributed by atoms with Gasteiger partial charge < -0.3 is 10.1 Å². The Morgan fingerprint density at radius 1 is 0.741 bits per heavy atom. The Morgan fingerprint density at radius 3 is 2.33 bits per heavy atom. The first-order valence-corrected chi connectivity index (χ1v) is 8.68. The monoisotopic (exact) mass is 352 g/mol. The summed E-state index contributed by atoms with van der Waals surface area (Å²) in [5.74, 6) is 2.37. The fraction of sp³-hybridized carbons (Fsp3) is 0. The van der Waals surface area contributed by atoms with E-state index >= 15 is 0 Å². The predicted octanol–water partition coefficient (Wildman–Crippen LogP) is 5.42. The van der Waals surface area contributed by atoms with Crippen molar-refractivity contribution in [2.45, 2.75) is 0 Å². The van der Waals surface area contributed by atoms with Gasteiger partial charge in [-0.2, -0.15) is 0 Å². The fourth-order valence-corrected chi connectivity index (χ4v) is 3.06. The Hall–Kier alpha value is -3.86. The molecule has 5 nitrogen and oxygen atoms in total. The van der Waals surface area contributed by atoms with Crippen LogP contribution in [0.4, 0.5) is 11.5 Å². The lowest BCUT2D eigenvalue weighted by atomic mass is 10.2. The van der Waals surface area contributed by atoms with Crippen LogP contribution in [0.25, 0.3) is 16.6 Å². The van der Waals surface area contributed by atoms with E-state index in [1.54, 1.807) is 6.33 Å². The second-order valence-corrected chi connectivity index (χ2v) is 6.16. The van der Waals surface area contributed by atoms with E-state index in [1.165, 1.54) is 0 Å². The SMILES string of the molecule is c1ccc(Oc2ccc(Nc3nc4ccccc4n4cncc34)cc2)cc1. The van der Waals surface area contributed by atoms with Crippen LogP contribution < -0.4 is 10.1 Å². The molecule has 3 aromatic carbocycles. The van der Waals surface area contributed by atoms with Crippen LogP contribution in [-0.4, -0.2) is 14.4 Å². The molecule has 0 amide bonds. The van der Waals surface area contributed by atoms with Crippen molar-refractivity contribution in [3.8, 4) is 11.5 Å². The van der Waals surface area contributed by atoms with E-state index in [9.17, 15) is 0 Å². The van der Waals surface area contributed by atoms with Crippen LogP contribution in [0, 0.1) is 0 Å². The highest BCUT2D eigenvalue weighted by Gasteiger charge is 2.09. The number of anilines is 2. The van der Waals surface area contributed by atoms with Crippen LogP contribution in [0.2, 0.25) is 0 Å². The highest BCUT2D eigenvalue weighted by atomic mass is 16.5. The minimum absolute atomic E-state index is 0.767. The van der Waals surface area contributed by atoms with E-state index in [2.05, 4.69) is 10.3 Å². The Bertz CT molecular complexity index is 1210. The Balaban J connectivity index is 1.45. The van der Waals surface area contributed by atoms with Gasteiger partial charge in [-0.05, 0) is 48.5 Å². The first kappa shape index (κ1) is 15.4. The molecular formula is C22H16N4O. The van der Waals surface area contributed by atoms with E-state index in [0.717, 1.165) is 39.6 Å². The average molecular weight is 352 g/mol. The van der Waals surface area contributed by atoms with Gasteiger partial charge in [-0.1, -0.05) is 30.3 Å². The number of hydrogen-bond donors (Lipinski definition) is 1. The molecule has 1 N–H and O–H groups in total. The highest BCUT2D eigenvalue weighted by molar-refractivity contribution is 5.85. The van der Waals surface area contributed by atoms with Crippen LogP contribution in [0.1, 0.15) is 0 Å². The van der Waals surface area contributed by atoms with Gasteiger partial charge >= 0.3 is 0 Å². The lowest BCUT2D eigenvalue weighted by Gasteiger charge is -2.11. The Morgan fingerprint density at radius 2 is 1.48 bits per heavy atom. The first-order valence-electron chi connectivity index (χ1n) is 8.68. The molecule has 5 rings (SSSR count). The number of rotatable bonds is 4. The van der Waals surface area contributed by atoms with E-state index in [4.69, 9.17) is 9.72 Å². The Kier molecular flexibility index (Phi) is 3.68. The molecule has 0 aliphatic rings. The van der Waals surface area contributed by atoms with Gasteiger partial charge in [0.05, 0.1) is 23.6 Å². The van der Waals surface area contributed by atoms with E-state index in [-0.39, 0.29) is 0 Å². The summed E-state index contributed by atoms with van der Waals surface area (Å²) in [6, 6.07) is 25.6. The minimum Gasteiger partial charge on any atom is -0.457 e. The lowest BCUT2D eigenvalue weighted by molar-refractivity contribution is 0.483. The summed E-state index contributed by atoms with van der Waals surface area (Å²) < 4.78 is 7.88. The molecule has 130 valence electrons. The summed E-state index contributed by atoms with van der Waals surface area (Å²) in [7, 11) is 0. The second kappa shape index (κ2) is 6.46. The topological polar surface area (TPSA) is 51.5 Å². The van der Waals surface area contributed by atoms with Crippen LogP contribution in [-0.2, 0) is 0 Å². The average Bonchev–Trinajstić information content (AvgIpc) is 3.21. The molecule has 0 unspecified atom stereocenters. The standard InChI is InChI=1S/C22H16N4O/c1-2-6-17(7-3-1)27-18-12-10-16(11-13-18)24-22-21-14-23-15-26(21)20-9-5-4-8-19(20)25-22/h1-15H,(H,24,25). The van der Waals surface area contributed by atoms with Crippen molar-refractivity contribution in [3.05, 3.63) is 91.4 Å². The number of imidazole rings is 1. The predicted molar refractivity (Wildman–Crippen MR) is 107 cm³/mol. The molecule has 0 saturated heterocycles. The van der Waals surface area contributed by atoms with Gasteiger partial charge in [0, 0.05) is 5.69 Å². The normalized spacial score (nSPS) is 11.0. The summed E-state index contributed by atoms with van der Waals surface area (Å²) in [6.45, 7) is 0. The third-order valence-electron chi connectivity index (χ3n) is 4.35. The zero-order valence-electron chi connectivity index (χ0n) is 14.4. The van der Waals surface area contributed by atoms with Gasteiger partial charge in [0.25, 0.3) is 0 Å². The molecular weight excluding hydrogens is 336 g/mol. The second-order valence-electron chi connectivity index (χ2n) is 6.16. The molecule has 0 saturated carbocycles. The van der Waals surface area contributed by atoms with Crippen molar-refractivity contribution < 1.29 is 4.74 Å². The number of nitrogens with zero attached hydrogens (tertiary/aromatic N) is 3. The summed E-state index contributed by atoms with van der Waals surface area (Å²) in [5, 5.41) is 3.39. The molecule has 0 spiro atoms. The minimum atomic E-state index is 0.767. The van der Waals surface area contributed by atoms with Crippen molar-refractivity contribution in [2.24, 2.45) is 0 Å². The zero-order chi connectivity index (χ0) is 18.1. The van der Waals surface area contributed by atoms with Crippen molar-refractivity contribution in [2.75, 3.05) is 5.32 Å². The molecule has 5 aromatic rings. The third kappa shape index (κ3) is 2.95. The van der Waals surface area contributed by atoms with Crippen LogP contribution in [0.3, 0.4) is 0 Å². The molecule has 0 bridgehead atoms. The van der Waals surface area contributed by atoms with E-state index in [0.29, 0.717) is 0 Å². The first-order chi connectivity index (χ1) is 13.4. The van der Waals surface area contributed by atoms with Gasteiger partial charge in [-0.25, -0.2) is 9.97 Å². The van der Waals surface area contributed by atoms with Gasteiger partial charge in [0.1, 0.15) is 17.0 Å². The van der Waals surface area contributed by atoms with Crippen molar-refractivity contribution in [1.29, 1.82) is 0 Å². The number of aromatic nitrogens is 3. The molecule has 0 atom stereocenters. The van der Waals surface area contributed by atoms with E-state index < -0.39 is 0 Å². The number of benzene rings is 3. The third-order valence-corrected chi connectivity index (χ3v) is 4.35. The summed E-state index contributed by atoms with van der Waals surface area (Å²) >= 11 is 0. The van der Waals surface area contributed by atoms with Crippen molar-refractivity contribution in [1.82, 2.24) is 14.4 Å². The highest BCUT2D eigenvalue weighted by Crippen LogP contribution is 2.27. The van der Waals surface area contributed by atoms with Gasteiger partial charge in [0.2, 0.25) is 0 Å². The molecule has 0 fully saturated rings. The lowest BCUT2D eigenvalue weighted by Crippen LogP contribution is -1.99. The number of para-hydroxylation sites is 3. The molecule has 0 aliphatic carbocycles. The maximum absolute atomic E-state index is 5.84. The summed E-state index contributed by atoms with van der Waals surface area (Å²) in [6.07, 6.45) is 3.62. The molecule has 0 radical (unpaired) electrons. The quantitative estimate of drug-likeness (QED) is 0.469. The summed E-state index contributed by atoms with van der Waals surface area (Å²) in [5.41, 5.74) is 3.80. The Labute approximate surface area is 155 Å². The summed E-state index contributed by atoms with van der Waals surface area (Å²) in [4.78, 5) is 9.04. The van der Waals surface area contributed by atoms with Crippen molar-refractivity contribution in [3.63, 3.8) is 0 Å². The van der Waals surface area contributed by atoms with Gasteiger partial charge in [0.15, 0.2) is 5.82 Å². The molecule has 0 aliphatic heterocycles. The number of ether oxygens (including phenoxy) is 1. The van der Waals surface area contributed by atoms with Crippen LogP contribution >= 0.6 is 0 Å². The number of nitrogens with one attached hydrogen (secondary N) is 1. The van der Waals surface area contributed by atoms with Crippen LogP contribution in [0.5, 0.6) is 11.5 Å². The fourth-order valence-electron chi connectivity index (χ4n) is 3.06. The number of fused-ring (bicyclic) bond motifs is 3. The zero-order valence-corrected chi connectivity index (χ0v) is 14.4. The van der Waals surface area contributed by atoms with Gasteiger partial charge in [-0.3, -0.25) is 4.40 Å². The van der Waals surface area contributed by atoms with E-state index in [1.807, 2.05) is 89.5 Å².